The maximum atomic E-state index is 12.6. The van der Waals surface area contributed by atoms with E-state index in [0.29, 0.717) is 12.2 Å². The molecule has 1 saturated heterocycles. The molecule has 3 atom stereocenters. The molecule has 122 valence electrons. The molecule has 6 nitrogen and oxygen atoms in total. The molecule has 1 aromatic carbocycles. The van der Waals surface area contributed by atoms with Crippen molar-refractivity contribution in [2.75, 3.05) is 13.2 Å². The SMILES string of the molecule is CCOC(=O)[C@]12C[C@@H](OCC)[C@]1(c1ccccc1)NC(=O)C2=O. The molecule has 1 heterocycles. The van der Waals surface area contributed by atoms with Gasteiger partial charge in [0, 0.05) is 13.0 Å². The molecular weight excluding hydrogens is 298 g/mol. The second-order valence-corrected chi connectivity index (χ2v) is 5.73. The Hall–Kier alpha value is -2.21. The molecule has 1 saturated carbocycles. The van der Waals surface area contributed by atoms with E-state index in [0.717, 1.165) is 0 Å². The summed E-state index contributed by atoms with van der Waals surface area (Å²) in [6.07, 6.45) is -0.304. The van der Waals surface area contributed by atoms with Crippen LogP contribution in [-0.4, -0.2) is 37.0 Å². The maximum absolute atomic E-state index is 12.6. The predicted molar refractivity (Wildman–Crippen MR) is 80.4 cm³/mol. The van der Waals surface area contributed by atoms with Gasteiger partial charge in [-0.15, -0.1) is 0 Å². The second-order valence-electron chi connectivity index (χ2n) is 5.73. The van der Waals surface area contributed by atoms with Crippen LogP contribution in [0.5, 0.6) is 0 Å². The van der Waals surface area contributed by atoms with Crippen molar-refractivity contribution in [3.05, 3.63) is 35.9 Å². The third-order valence-electron chi connectivity index (χ3n) is 4.77. The number of ether oxygens (including phenoxy) is 2. The van der Waals surface area contributed by atoms with Gasteiger partial charge in [-0.3, -0.25) is 14.4 Å². The lowest BCUT2D eigenvalue weighted by molar-refractivity contribution is -0.198. The Morgan fingerprint density at radius 2 is 1.91 bits per heavy atom. The van der Waals surface area contributed by atoms with Crippen molar-refractivity contribution < 1.29 is 23.9 Å². The summed E-state index contributed by atoms with van der Waals surface area (Å²) in [7, 11) is 0. The zero-order valence-corrected chi connectivity index (χ0v) is 13.1. The summed E-state index contributed by atoms with van der Waals surface area (Å²) in [5.74, 6) is -2.16. The van der Waals surface area contributed by atoms with Crippen molar-refractivity contribution in [1.82, 2.24) is 5.32 Å². The summed E-state index contributed by atoms with van der Waals surface area (Å²) >= 11 is 0. The van der Waals surface area contributed by atoms with Crippen LogP contribution in [0.2, 0.25) is 0 Å². The first-order valence-electron chi connectivity index (χ1n) is 7.75. The summed E-state index contributed by atoms with van der Waals surface area (Å²) in [6.45, 7) is 4.07. The topological polar surface area (TPSA) is 81.7 Å². The summed E-state index contributed by atoms with van der Waals surface area (Å²) in [5, 5.41) is 2.73. The van der Waals surface area contributed by atoms with Gasteiger partial charge in [0.1, 0.15) is 5.54 Å². The Labute approximate surface area is 134 Å². The van der Waals surface area contributed by atoms with E-state index in [1.54, 1.807) is 31.2 Å². The molecule has 3 rings (SSSR count). The lowest BCUT2D eigenvalue weighted by Crippen LogP contribution is -2.72. The first kappa shape index (κ1) is 15.7. The molecule has 0 spiro atoms. The number of fused-ring (bicyclic) bond motifs is 1. The number of carbonyl (C=O) groups excluding carboxylic acids is 3. The van der Waals surface area contributed by atoms with Gasteiger partial charge in [0.2, 0.25) is 5.78 Å². The number of carbonyl (C=O) groups is 3. The van der Waals surface area contributed by atoms with Gasteiger partial charge >= 0.3 is 5.97 Å². The van der Waals surface area contributed by atoms with Crippen LogP contribution in [-0.2, 0) is 29.4 Å². The highest BCUT2D eigenvalue weighted by atomic mass is 16.5. The average molecular weight is 317 g/mol. The van der Waals surface area contributed by atoms with E-state index in [2.05, 4.69) is 5.32 Å². The van der Waals surface area contributed by atoms with Crippen LogP contribution < -0.4 is 5.32 Å². The Kier molecular flexibility index (Phi) is 3.72. The molecular formula is C17H19NO5. The number of rotatable bonds is 5. The van der Waals surface area contributed by atoms with E-state index < -0.39 is 34.7 Å². The van der Waals surface area contributed by atoms with Crippen molar-refractivity contribution in [2.45, 2.75) is 31.9 Å². The van der Waals surface area contributed by atoms with Crippen LogP contribution in [0.3, 0.4) is 0 Å². The van der Waals surface area contributed by atoms with Crippen LogP contribution in [0.1, 0.15) is 25.8 Å². The van der Waals surface area contributed by atoms with E-state index in [-0.39, 0.29) is 13.0 Å². The van der Waals surface area contributed by atoms with Gasteiger partial charge in [-0.25, -0.2) is 0 Å². The van der Waals surface area contributed by atoms with Crippen LogP contribution >= 0.6 is 0 Å². The molecule has 1 amide bonds. The van der Waals surface area contributed by atoms with Crippen LogP contribution in [0, 0.1) is 5.41 Å². The zero-order chi connectivity index (χ0) is 16.7. The number of amides is 1. The highest BCUT2D eigenvalue weighted by molar-refractivity contribution is 6.45. The highest BCUT2D eigenvalue weighted by Crippen LogP contribution is 2.61. The quantitative estimate of drug-likeness (QED) is 0.496. The van der Waals surface area contributed by atoms with Gasteiger partial charge in [-0.1, -0.05) is 30.3 Å². The molecule has 1 aromatic rings. The van der Waals surface area contributed by atoms with E-state index in [9.17, 15) is 14.4 Å². The van der Waals surface area contributed by atoms with Gasteiger partial charge in [0.15, 0.2) is 5.41 Å². The van der Waals surface area contributed by atoms with E-state index in [1.807, 2.05) is 13.0 Å². The number of hydrogen-bond donors (Lipinski definition) is 1. The van der Waals surface area contributed by atoms with Crippen molar-refractivity contribution in [3.8, 4) is 0 Å². The van der Waals surface area contributed by atoms with Gasteiger partial charge in [-0.05, 0) is 19.4 Å². The summed E-state index contributed by atoms with van der Waals surface area (Å²) in [4.78, 5) is 37.3. The van der Waals surface area contributed by atoms with E-state index in [4.69, 9.17) is 9.47 Å². The standard InChI is InChI=1S/C17H19NO5/c1-3-22-12-10-16(15(21)23-4-2)13(19)14(20)18-17(12,16)11-8-6-5-7-9-11/h5-9,12H,3-4,10H2,1-2H3,(H,18,20)/t12-,16-,17+/m1/s1. The number of Topliss-reactive ketones (excluding diaryl/α,β-unsaturated/α-hetero) is 1. The number of nitrogens with one attached hydrogen (secondary N) is 1. The van der Waals surface area contributed by atoms with E-state index >= 15 is 0 Å². The Morgan fingerprint density at radius 1 is 1.22 bits per heavy atom. The summed E-state index contributed by atoms with van der Waals surface area (Å²) < 4.78 is 10.9. The first-order chi connectivity index (χ1) is 11.0. The Bertz CT molecular complexity index is 658. The Balaban J connectivity index is 2.17. The molecule has 1 aliphatic carbocycles. The predicted octanol–water partition coefficient (Wildman–Crippen LogP) is 0.939. The van der Waals surface area contributed by atoms with Crippen LogP contribution in [0.25, 0.3) is 0 Å². The molecule has 0 radical (unpaired) electrons. The van der Waals surface area contributed by atoms with Crippen molar-refractivity contribution >= 4 is 17.7 Å². The Morgan fingerprint density at radius 3 is 2.52 bits per heavy atom. The lowest BCUT2D eigenvalue weighted by Gasteiger charge is -2.56. The van der Waals surface area contributed by atoms with Crippen LogP contribution in [0.15, 0.2) is 30.3 Å². The molecule has 2 fully saturated rings. The maximum Gasteiger partial charge on any atom is 0.323 e. The van der Waals surface area contributed by atoms with Gasteiger partial charge in [0.25, 0.3) is 5.91 Å². The number of benzene rings is 1. The van der Waals surface area contributed by atoms with Crippen molar-refractivity contribution in [3.63, 3.8) is 0 Å². The molecule has 0 unspecified atom stereocenters. The third kappa shape index (κ3) is 1.81. The number of hydrogen-bond acceptors (Lipinski definition) is 5. The zero-order valence-electron chi connectivity index (χ0n) is 13.1. The molecule has 1 aliphatic heterocycles. The third-order valence-corrected chi connectivity index (χ3v) is 4.77. The van der Waals surface area contributed by atoms with E-state index in [1.165, 1.54) is 0 Å². The number of esters is 1. The van der Waals surface area contributed by atoms with Crippen LogP contribution in [0.4, 0.5) is 0 Å². The monoisotopic (exact) mass is 317 g/mol. The fraction of sp³-hybridized carbons (Fsp3) is 0.471. The molecule has 1 N–H and O–H groups in total. The van der Waals surface area contributed by atoms with Crippen molar-refractivity contribution in [1.29, 1.82) is 0 Å². The molecule has 23 heavy (non-hydrogen) atoms. The second kappa shape index (κ2) is 5.45. The lowest BCUT2D eigenvalue weighted by atomic mass is 9.50. The van der Waals surface area contributed by atoms with Crippen molar-refractivity contribution in [2.24, 2.45) is 5.41 Å². The fourth-order valence-corrected chi connectivity index (χ4v) is 3.81. The smallest absolute Gasteiger partial charge is 0.323 e. The largest absolute Gasteiger partial charge is 0.465 e. The average Bonchev–Trinajstić information content (AvgIpc) is 2.72. The summed E-state index contributed by atoms with van der Waals surface area (Å²) in [5.41, 5.74) is -2.05. The molecule has 0 aromatic heterocycles. The first-order valence-corrected chi connectivity index (χ1v) is 7.75. The normalized spacial score (nSPS) is 32.0. The number of ketones is 1. The highest BCUT2D eigenvalue weighted by Gasteiger charge is 2.81. The van der Waals surface area contributed by atoms with Gasteiger partial charge < -0.3 is 14.8 Å². The molecule has 2 aliphatic rings. The fourth-order valence-electron chi connectivity index (χ4n) is 3.81. The molecule has 6 heteroatoms. The molecule has 0 bridgehead atoms. The summed E-state index contributed by atoms with van der Waals surface area (Å²) in [6, 6.07) is 9.02. The minimum atomic E-state index is -1.54. The minimum Gasteiger partial charge on any atom is -0.465 e. The minimum absolute atomic E-state index is 0.145. The van der Waals surface area contributed by atoms with Gasteiger partial charge in [-0.2, -0.15) is 0 Å². The van der Waals surface area contributed by atoms with Gasteiger partial charge in [0.05, 0.1) is 12.7 Å².